The van der Waals surface area contributed by atoms with Crippen molar-refractivity contribution in [1.29, 1.82) is 0 Å². The highest BCUT2D eigenvalue weighted by Crippen LogP contribution is 2.17. The first-order valence-electron chi connectivity index (χ1n) is 7.09. The molecule has 1 aromatic heterocycles. The maximum absolute atomic E-state index is 4.02. The van der Waals surface area contributed by atoms with Crippen molar-refractivity contribution in [2.24, 2.45) is 7.05 Å². The average molecular weight is 272 g/mol. The Morgan fingerprint density at radius 2 is 2.00 bits per heavy atom. The largest absolute Gasteiger partial charge is 0.370 e. The van der Waals surface area contributed by atoms with E-state index in [9.17, 15) is 0 Å². The summed E-state index contributed by atoms with van der Waals surface area (Å²) in [6.45, 7) is 4.38. The van der Waals surface area contributed by atoms with Crippen LogP contribution in [-0.4, -0.2) is 46.4 Å². The number of aromatic nitrogens is 4. The van der Waals surface area contributed by atoms with Gasteiger partial charge in [0.05, 0.1) is 0 Å². The highest BCUT2D eigenvalue weighted by molar-refractivity contribution is 5.48. The van der Waals surface area contributed by atoms with Crippen LogP contribution >= 0.6 is 0 Å². The molecule has 1 fully saturated rings. The zero-order valence-corrected chi connectivity index (χ0v) is 11.8. The molecule has 0 saturated carbocycles. The predicted octanol–water partition coefficient (Wildman–Crippen LogP) is 0.601. The Morgan fingerprint density at radius 1 is 1.15 bits per heavy atom. The predicted molar refractivity (Wildman–Crippen MR) is 77.7 cm³/mol. The van der Waals surface area contributed by atoms with Crippen molar-refractivity contribution in [3.63, 3.8) is 0 Å². The number of nitrogens with zero attached hydrogens (tertiary/aromatic N) is 5. The maximum atomic E-state index is 4.02. The van der Waals surface area contributed by atoms with Gasteiger partial charge in [0.25, 0.3) is 0 Å². The molecule has 2 aromatic rings. The number of tetrazole rings is 1. The summed E-state index contributed by atoms with van der Waals surface area (Å²) in [6.07, 6.45) is 1.97. The van der Waals surface area contributed by atoms with Gasteiger partial charge in [-0.15, -0.1) is 5.10 Å². The van der Waals surface area contributed by atoms with Crippen LogP contribution in [0, 0.1) is 0 Å². The lowest BCUT2D eigenvalue weighted by Crippen LogP contribution is -2.27. The summed E-state index contributed by atoms with van der Waals surface area (Å²) in [5, 5.41) is 15.0. The Balaban J connectivity index is 1.69. The van der Waals surface area contributed by atoms with Gasteiger partial charge >= 0.3 is 0 Å². The van der Waals surface area contributed by atoms with Crippen molar-refractivity contribution in [2.75, 3.05) is 31.1 Å². The average Bonchev–Trinajstić information content (AvgIpc) is 2.73. The van der Waals surface area contributed by atoms with E-state index in [1.807, 2.05) is 7.05 Å². The van der Waals surface area contributed by atoms with Gasteiger partial charge in [-0.05, 0) is 41.1 Å². The summed E-state index contributed by atoms with van der Waals surface area (Å²) < 4.78 is 1.72. The zero-order valence-electron chi connectivity index (χ0n) is 11.8. The van der Waals surface area contributed by atoms with E-state index in [-0.39, 0.29) is 0 Å². The topological polar surface area (TPSA) is 58.9 Å². The third-order valence-electron chi connectivity index (χ3n) is 3.71. The summed E-state index contributed by atoms with van der Waals surface area (Å²) in [7, 11) is 1.87. The molecular formula is C14H20N6. The SMILES string of the molecule is Cn1nnnc1Cc1ccc(N2CCCNCC2)cc1. The van der Waals surface area contributed by atoms with Gasteiger partial charge in [0.2, 0.25) is 0 Å². The molecule has 0 amide bonds. The normalized spacial score (nSPS) is 16.1. The van der Waals surface area contributed by atoms with E-state index in [2.05, 4.69) is 50.0 Å². The van der Waals surface area contributed by atoms with Crippen LogP contribution in [0.25, 0.3) is 0 Å². The second-order valence-electron chi connectivity index (χ2n) is 5.15. The van der Waals surface area contributed by atoms with Crippen molar-refractivity contribution >= 4 is 5.69 Å². The van der Waals surface area contributed by atoms with Gasteiger partial charge < -0.3 is 10.2 Å². The molecule has 0 atom stereocenters. The number of anilines is 1. The molecule has 106 valence electrons. The van der Waals surface area contributed by atoms with Gasteiger partial charge in [-0.25, -0.2) is 4.68 Å². The van der Waals surface area contributed by atoms with Crippen LogP contribution in [0.15, 0.2) is 24.3 Å². The van der Waals surface area contributed by atoms with Crippen molar-refractivity contribution in [1.82, 2.24) is 25.5 Å². The minimum absolute atomic E-state index is 0.769. The van der Waals surface area contributed by atoms with Gasteiger partial charge in [0.15, 0.2) is 5.82 Å². The van der Waals surface area contributed by atoms with Crippen molar-refractivity contribution in [2.45, 2.75) is 12.8 Å². The third kappa shape index (κ3) is 2.96. The lowest BCUT2D eigenvalue weighted by atomic mass is 10.1. The van der Waals surface area contributed by atoms with Crippen LogP contribution in [-0.2, 0) is 13.5 Å². The zero-order chi connectivity index (χ0) is 13.8. The van der Waals surface area contributed by atoms with Gasteiger partial charge in [0.1, 0.15) is 0 Å². The van der Waals surface area contributed by atoms with Gasteiger partial charge in [-0.3, -0.25) is 0 Å². The maximum Gasteiger partial charge on any atom is 0.155 e. The number of benzene rings is 1. The first kappa shape index (κ1) is 13.1. The van der Waals surface area contributed by atoms with E-state index in [0.717, 1.165) is 38.4 Å². The fourth-order valence-corrected chi connectivity index (χ4v) is 2.51. The molecule has 6 heteroatoms. The lowest BCUT2D eigenvalue weighted by molar-refractivity contribution is 0.686. The summed E-state index contributed by atoms with van der Waals surface area (Å²) in [5.41, 5.74) is 2.54. The van der Waals surface area contributed by atoms with E-state index in [0.29, 0.717) is 0 Å². The summed E-state index contributed by atoms with van der Waals surface area (Å²) >= 11 is 0. The minimum atomic E-state index is 0.769. The van der Waals surface area contributed by atoms with E-state index in [1.165, 1.54) is 17.7 Å². The van der Waals surface area contributed by atoms with Crippen molar-refractivity contribution in [3.05, 3.63) is 35.7 Å². The van der Waals surface area contributed by atoms with Crippen molar-refractivity contribution < 1.29 is 0 Å². The van der Waals surface area contributed by atoms with Crippen LogP contribution < -0.4 is 10.2 Å². The van der Waals surface area contributed by atoms with Crippen LogP contribution in [0.2, 0.25) is 0 Å². The van der Waals surface area contributed by atoms with Crippen molar-refractivity contribution in [3.8, 4) is 0 Å². The molecule has 6 nitrogen and oxygen atoms in total. The molecule has 1 aromatic carbocycles. The molecule has 1 aliphatic heterocycles. The Bertz CT molecular complexity index is 539. The van der Waals surface area contributed by atoms with E-state index < -0.39 is 0 Å². The Hall–Kier alpha value is -1.95. The van der Waals surface area contributed by atoms with Crippen LogP contribution in [0.1, 0.15) is 17.8 Å². The number of rotatable bonds is 3. The van der Waals surface area contributed by atoms with E-state index in [1.54, 1.807) is 4.68 Å². The lowest BCUT2D eigenvalue weighted by Gasteiger charge is -2.22. The molecule has 0 aliphatic carbocycles. The second kappa shape index (κ2) is 6.00. The summed E-state index contributed by atoms with van der Waals surface area (Å²) in [4.78, 5) is 2.44. The summed E-state index contributed by atoms with van der Waals surface area (Å²) in [6, 6.07) is 8.74. The van der Waals surface area contributed by atoms with Gasteiger partial charge in [0, 0.05) is 38.8 Å². The third-order valence-corrected chi connectivity index (χ3v) is 3.71. The number of hydrogen-bond donors (Lipinski definition) is 1. The molecule has 2 heterocycles. The molecule has 0 unspecified atom stereocenters. The van der Waals surface area contributed by atoms with Gasteiger partial charge in [-0.1, -0.05) is 12.1 Å². The molecule has 3 rings (SSSR count). The Labute approximate surface area is 118 Å². The number of hydrogen-bond acceptors (Lipinski definition) is 5. The first-order chi connectivity index (χ1) is 9.83. The molecule has 20 heavy (non-hydrogen) atoms. The molecule has 1 saturated heterocycles. The fourth-order valence-electron chi connectivity index (χ4n) is 2.51. The first-order valence-corrected chi connectivity index (χ1v) is 7.09. The number of nitrogens with one attached hydrogen (secondary N) is 1. The molecule has 0 spiro atoms. The molecule has 0 radical (unpaired) electrons. The van der Waals surface area contributed by atoms with Crippen LogP contribution in [0.5, 0.6) is 0 Å². The highest BCUT2D eigenvalue weighted by Gasteiger charge is 2.10. The molecular weight excluding hydrogens is 252 g/mol. The fraction of sp³-hybridized carbons (Fsp3) is 0.500. The standard InChI is InChI=1S/C14H20N6/c1-19-14(16-17-18-19)11-12-3-5-13(6-4-12)20-9-2-7-15-8-10-20/h3-6,15H,2,7-11H2,1H3. The Kier molecular flexibility index (Phi) is 3.92. The van der Waals surface area contributed by atoms with E-state index >= 15 is 0 Å². The van der Waals surface area contributed by atoms with Crippen LogP contribution in [0.3, 0.4) is 0 Å². The summed E-state index contributed by atoms with van der Waals surface area (Å²) in [5.74, 6) is 0.886. The molecule has 1 N–H and O–H groups in total. The quantitative estimate of drug-likeness (QED) is 0.886. The monoisotopic (exact) mass is 272 g/mol. The molecule has 0 bridgehead atoms. The number of aryl methyl sites for hydroxylation is 1. The van der Waals surface area contributed by atoms with Crippen LogP contribution in [0.4, 0.5) is 5.69 Å². The molecule has 1 aliphatic rings. The van der Waals surface area contributed by atoms with E-state index in [4.69, 9.17) is 0 Å². The Morgan fingerprint density at radius 3 is 2.75 bits per heavy atom. The van der Waals surface area contributed by atoms with Gasteiger partial charge in [-0.2, -0.15) is 0 Å². The smallest absolute Gasteiger partial charge is 0.155 e. The minimum Gasteiger partial charge on any atom is -0.370 e. The highest BCUT2D eigenvalue weighted by atomic mass is 15.5. The second-order valence-corrected chi connectivity index (χ2v) is 5.15.